The molecule has 1 aliphatic heterocycles. The lowest BCUT2D eigenvalue weighted by Gasteiger charge is -2.34. The maximum Gasteiger partial charge on any atom is 0.165 e. The third-order valence-electron chi connectivity index (χ3n) is 4.32. The average Bonchev–Trinajstić information content (AvgIpc) is 2.96. The zero-order valence-corrected chi connectivity index (χ0v) is 9.89. The molecule has 1 saturated heterocycles. The van der Waals surface area contributed by atoms with Gasteiger partial charge in [-0.2, -0.15) is 0 Å². The third-order valence-corrected chi connectivity index (χ3v) is 4.32. The largest absolute Gasteiger partial charge is 0.290 e. The van der Waals surface area contributed by atoms with Gasteiger partial charge in [-0.1, -0.05) is 12.8 Å². The first-order valence-corrected chi connectivity index (χ1v) is 6.26. The molecule has 0 radical (unpaired) electrons. The maximum absolute atomic E-state index is 4.09. The van der Waals surface area contributed by atoms with Crippen LogP contribution >= 0.6 is 0 Å². The van der Waals surface area contributed by atoms with Crippen LogP contribution in [0.3, 0.4) is 0 Å². The lowest BCUT2D eigenvalue weighted by atomic mass is 9.94. The van der Waals surface area contributed by atoms with E-state index in [0.29, 0.717) is 5.54 Å². The molecular formula is C11H19N5. The van der Waals surface area contributed by atoms with Gasteiger partial charge in [0, 0.05) is 12.6 Å². The molecule has 0 bridgehead atoms. The van der Waals surface area contributed by atoms with Crippen LogP contribution in [0.1, 0.15) is 44.3 Å². The van der Waals surface area contributed by atoms with Gasteiger partial charge in [0.1, 0.15) is 0 Å². The first-order valence-electron chi connectivity index (χ1n) is 6.26. The van der Waals surface area contributed by atoms with Crippen molar-refractivity contribution in [1.82, 2.24) is 25.1 Å². The van der Waals surface area contributed by atoms with Crippen molar-refractivity contribution in [1.29, 1.82) is 0 Å². The Labute approximate surface area is 95.8 Å². The number of hydrogen-bond acceptors (Lipinski definition) is 4. The number of rotatable bonds is 2. The van der Waals surface area contributed by atoms with Gasteiger partial charge in [-0.05, 0) is 42.7 Å². The summed E-state index contributed by atoms with van der Waals surface area (Å²) in [6, 6.07) is 0. The lowest BCUT2D eigenvalue weighted by Crippen LogP contribution is -2.41. The van der Waals surface area contributed by atoms with E-state index in [4.69, 9.17) is 0 Å². The molecule has 1 aromatic rings. The second-order valence-corrected chi connectivity index (χ2v) is 5.18. The number of aryl methyl sites for hydroxylation is 1. The molecule has 0 amide bonds. The minimum absolute atomic E-state index is 0.492. The van der Waals surface area contributed by atoms with Crippen LogP contribution in [0.4, 0.5) is 0 Å². The van der Waals surface area contributed by atoms with Crippen LogP contribution in [0.15, 0.2) is 0 Å². The van der Waals surface area contributed by atoms with Crippen LogP contribution in [0.5, 0.6) is 0 Å². The molecule has 2 heterocycles. The standard InChI is InChI=1S/C11H19N5/c1-15-10(12-13-14-15)9-16-8-4-7-11(16)5-2-3-6-11/h2-9H2,1H3. The molecule has 88 valence electrons. The zero-order valence-electron chi connectivity index (χ0n) is 9.89. The van der Waals surface area contributed by atoms with Crippen LogP contribution in [0.2, 0.25) is 0 Å². The second kappa shape index (κ2) is 3.80. The van der Waals surface area contributed by atoms with E-state index in [2.05, 4.69) is 20.4 Å². The Morgan fingerprint density at radius 3 is 2.62 bits per heavy atom. The second-order valence-electron chi connectivity index (χ2n) is 5.18. The third kappa shape index (κ3) is 1.54. The number of likely N-dealkylation sites (tertiary alicyclic amines) is 1. The van der Waals surface area contributed by atoms with E-state index in [1.54, 1.807) is 4.68 Å². The van der Waals surface area contributed by atoms with Crippen molar-refractivity contribution in [2.75, 3.05) is 6.54 Å². The van der Waals surface area contributed by atoms with Crippen LogP contribution in [0, 0.1) is 0 Å². The summed E-state index contributed by atoms with van der Waals surface area (Å²) in [5, 5.41) is 11.7. The van der Waals surface area contributed by atoms with Crippen LogP contribution in [-0.2, 0) is 13.6 Å². The molecule has 1 spiro atoms. The Bertz CT molecular complexity index is 361. The van der Waals surface area contributed by atoms with E-state index < -0.39 is 0 Å². The summed E-state index contributed by atoms with van der Waals surface area (Å²) in [6.45, 7) is 2.14. The predicted molar refractivity (Wildman–Crippen MR) is 59.6 cm³/mol. The molecule has 1 saturated carbocycles. The van der Waals surface area contributed by atoms with E-state index in [0.717, 1.165) is 12.4 Å². The molecule has 2 fully saturated rings. The number of nitrogens with zero attached hydrogens (tertiary/aromatic N) is 5. The molecular weight excluding hydrogens is 202 g/mol. The zero-order chi connectivity index (χ0) is 11.0. The van der Waals surface area contributed by atoms with E-state index in [1.807, 2.05) is 7.05 Å². The Kier molecular flexibility index (Phi) is 2.42. The number of tetrazole rings is 1. The van der Waals surface area contributed by atoms with Gasteiger partial charge in [-0.15, -0.1) is 5.10 Å². The van der Waals surface area contributed by atoms with E-state index in [9.17, 15) is 0 Å². The van der Waals surface area contributed by atoms with Gasteiger partial charge in [0.05, 0.1) is 6.54 Å². The fourth-order valence-electron chi connectivity index (χ4n) is 3.39. The highest BCUT2D eigenvalue weighted by atomic mass is 15.5. The summed E-state index contributed by atoms with van der Waals surface area (Å²) < 4.78 is 1.79. The highest BCUT2D eigenvalue weighted by Crippen LogP contribution is 2.43. The molecule has 16 heavy (non-hydrogen) atoms. The fraction of sp³-hybridized carbons (Fsp3) is 0.909. The average molecular weight is 221 g/mol. The Hall–Kier alpha value is -0.970. The van der Waals surface area contributed by atoms with E-state index >= 15 is 0 Å². The van der Waals surface area contributed by atoms with Crippen molar-refractivity contribution in [3.05, 3.63) is 5.82 Å². The SMILES string of the molecule is Cn1nnnc1CN1CCCC12CCCC2. The molecule has 5 heteroatoms. The normalized spacial score (nSPS) is 24.6. The Morgan fingerprint density at radius 2 is 1.94 bits per heavy atom. The topological polar surface area (TPSA) is 46.8 Å². The van der Waals surface area contributed by atoms with Gasteiger partial charge in [0.15, 0.2) is 5.82 Å². The quantitative estimate of drug-likeness (QED) is 0.751. The van der Waals surface area contributed by atoms with Crippen molar-refractivity contribution < 1.29 is 0 Å². The van der Waals surface area contributed by atoms with Gasteiger partial charge in [0.2, 0.25) is 0 Å². The van der Waals surface area contributed by atoms with Crippen molar-refractivity contribution >= 4 is 0 Å². The van der Waals surface area contributed by atoms with Crippen molar-refractivity contribution in [3.8, 4) is 0 Å². The Morgan fingerprint density at radius 1 is 1.19 bits per heavy atom. The van der Waals surface area contributed by atoms with Gasteiger partial charge in [-0.3, -0.25) is 4.90 Å². The Balaban J connectivity index is 1.77. The monoisotopic (exact) mass is 221 g/mol. The fourth-order valence-corrected chi connectivity index (χ4v) is 3.39. The first-order chi connectivity index (χ1) is 7.80. The van der Waals surface area contributed by atoms with E-state index in [-0.39, 0.29) is 0 Å². The number of aromatic nitrogens is 4. The van der Waals surface area contributed by atoms with Crippen LogP contribution in [0.25, 0.3) is 0 Å². The van der Waals surface area contributed by atoms with Crippen molar-refractivity contribution in [2.24, 2.45) is 7.05 Å². The van der Waals surface area contributed by atoms with Gasteiger partial charge >= 0.3 is 0 Å². The van der Waals surface area contributed by atoms with Gasteiger partial charge in [0.25, 0.3) is 0 Å². The highest BCUT2D eigenvalue weighted by molar-refractivity contribution is 5.00. The predicted octanol–water partition coefficient (Wildman–Crippen LogP) is 1.12. The summed E-state index contributed by atoms with van der Waals surface area (Å²) in [5.41, 5.74) is 0.492. The first kappa shape index (κ1) is 10.2. The van der Waals surface area contributed by atoms with Crippen molar-refractivity contribution in [2.45, 2.75) is 50.6 Å². The highest BCUT2D eigenvalue weighted by Gasteiger charge is 2.42. The summed E-state index contributed by atoms with van der Waals surface area (Å²) in [6.07, 6.45) is 8.25. The summed E-state index contributed by atoms with van der Waals surface area (Å²) in [7, 11) is 1.92. The summed E-state index contributed by atoms with van der Waals surface area (Å²) in [4.78, 5) is 2.62. The molecule has 0 atom stereocenters. The minimum Gasteiger partial charge on any atom is -0.290 e. The molecule has 1 aromatic heterocycles. The van der Waals surface area contributed by atoms with Crippen LogP contribution in [-0.4, -0.2) is 37.2 Å². The molecule has 1 aliphatic carbocycles. The van der Waals surface area contributed by atoms with Gasteiger partial charge < -0.3 is 0 Å². The summed E-state index contributed by atoms with van der Waals surface area (Å²) >= 11 is 0. The van der Waals surface area contributed by atoms with Crippen LogP contribution < -0.4 is 0 Å². The van der Waals surface area contributed by atoms with Crippen molar-refractivity contribution in [3.63, 3.8) is 0 Å². The molecule has 0 aromatic carbocycles. The molecule has 5 nitrogen and oxygen atoms in total. The van der Waals surface area contributed by atoms with E-state index in [1.165, 1.54) is 45.1 Å². The molecule has 0 N–H and O–H groups in total. The molecule has 3 rings (SSSR count). The summed E-state index contributed by atoms with van der Waals surface area (Å²) in [5.74, 6) is 0.994. The smallest absolute Gasteiger partial charge is 0.165 e. The minimum atomic E-state index is 0.492. The molecule has 2 aliphatic rings. The molecule has 0 unspecified atom stereocenters. The number of hydrogen-bond donors (Lipinski definition) is 0. The van der Waals surface area contributed by atoms with Gasteiger partial charge in [-0.25, -0.2) is 4.68 Å². The lowest BCUT2D eigenvalue weighted by molar-refractivity contribution is 0.130. The maximum atomic E-state index is 4.09.